The van der Waals surface area contributed by atoms with Gasteiger partial charge in [0, 0.05) is 17.7 Å². The first kappa shape index (κ1) is 59.5. The van der Waals surface area contributed by atoms with Crippen molar-refractivity contribution >= 4 is 73.7 Å². The van der Waals surface area contributed by atoms with Gasteiger partial charge in [0.25, 0.3) is 0 Å². The molecule has 51 heavy (non-hydrogen) atoms. The van der Waals surface area contributed by atoms with Crippen molar-refractivity contribution in [1.29, 1.82) is 0 Å². The predicted molar refractivity (Wildman–Crippen MR) is 153 cm³/mol. The molecular formula is C15H34N3O29P4+. The molecular weight excluding hydrogens is 810 g/mol. The second-order valence-electron chi connectivity index (χ2n) is 7.53. The van der Waals surface area contributed by atoms with E-state index in [1.807, 2.05) is 0 Å². The van der Waals surface area contributed by atoms with E-state index in [1.165, 1.54) is 0 Å². The fourth-order valence-electron chi connectivity index (χ4n) is 1.74. The zero-order valence-corrected chi connectivity index (χ0v) is 28.4. The van der Waals surface area contributed by atoms with Crippen LogP contribution in [0.15, 0.2) is 0 Å². The third-order valence-electron chi connectivity index (χ3n) is 2.95. The summed E-state index contributed by atoms with van der Waals surface area (Å²) in [7, 11) is -19.0. The summed E-state index contributed by atoms with van der Waals surface area (Å²) in [5.74, 6) is -8.80. The highest BCUT2D eigenvalue weighted by Crippen LogP contribution is 2.64. The molecule has 0 aliphatic rings. The second kappa shape index (κ2) is 30.0. The van der Waals surface area contributed by atoms with Gasteiger partial charge in [0.15, 0.2) is 5.60 Å². The van der Waals surface area contributed by atoms with Crippen molar-refractivity contribution in [2.45, 2.75) is 18.4 Å². The predicted octanol–water partition coefficient (Wildman–Crippen LogP) is -4.65. The van der Waals surface area contributed by atoms with Gasteiger partial charge in [-0.25, -0.2) is 23.3 Å². The Balaban J connectivity index is -0.000000128. The van der Waals surface area contributed by atoms with Crippen LogP contribution in [0.3, 0.4) is 0 Å². The zero-order valence-electron chi connectivity index (χ0n) is 24.8. The van der Waals surface area contributed by atoms with Crippen molar-refractivity contribution in [2.24, 2.45) is 11.5 Å². The Morgan fingerprint density at radius 3 is 0.922 bits per heavy atom. The number of carbonyl (C=O) groups is 7. The number of nitrogens with zero attached hydrogens (tertiary/aromatic N) is 1. The van der Waals surface area contributed by atoms with Crippen LogP contribution in [0.1, 0.15) is 12.8 Å². The average Bonchev–Trinajstić information content (AvgIpc) is 2.78. The summed E-state index contributed by atoms with van der Waals surface area (Å²) in [6.07, 6.45) is -4.12. The minimum Gasteiger partial charge on any atom is -0.481 e. The van der Waals surface area contributed by atoms with Crippen molar-refractivity contribution < 1.29 is 141 Å². The van der Waals surface area contributed by atoms with Crippen molar-refractivity contribution in [2.75, 3.05) is 32.7 Å². The molecule has 36 heteroatoms. The first-order chi connectivity index (χ1) is 22.5. The molecule has 0 aliphatic heterocycles. The van der Waals surface area contributed by atoms with Gasteiger partial charge in [-0.1, -0.05) is 0 Å². The van der Waals surface area contributed by atoms with E-state index in [4.69, 9.17) is 101 Å². The minimum atomic E-state index is -5.46. The molecule has 302 valence electrons. The van der Waals surface area contributed by atoms with Crippen LogP contribution in [0.2, 0.25) is 0 Å². The van der Waals surface area contributed by atoms with Gasteiger partial charge in [-0.3, -0.25) is 28.9 Å². The Labute approximate surface area is 282 Å². The SMILES string of the molecule is NCCN.O=C(O)CC(O)(CC(=O)O)C(=O)O.O=C(O)CN(CC(=O)O)CC(=O)O.O=C(O)O.O=P(O)(O)OP(=O)(O)OP(=O)(O)O.O=[P+](O)O. The number of phosphoric acid groups is 3. The van der Waals surface area contributed by atoms with E-state index < -0.39 is 112 Å². The number of rotatable bonds is 16. The van der Waals surface area contributed by atoms with Crippen LogP contribution >= 0.6 is 31.7 Å². The van der Waals surface area contributed by atoms with Crippen LogP contribution in [-0.4, -0.2) is 165 Å². The summed E-state index contributed by atoms with van der Waals surface area (Å²) in [5.41, 5.74) is 7.07. The molecule has 0 radical (unpaired) electrons. The lowest BCUT2D eigenvalue weighted by molar-refractivity contribution is -0.170. The first-order valence-corrected chi connectivity index (χ1v) is 17.0. The fourth-order valence-corrected chi connectivity index (χ4v) is 4.28. The van der Waals surface area contributed by atoms with Gasteiger partial charge >= 0.3 is 73.7 Å². The molecule has 0 amide bonds. The summed E-state index contributed by atoms with van der Waals surface area (Å²) in [4.78, 5) is 125. The normalized spacial score (nSPS) is 10.6. The van der Waals surface area contributed by atoms with Gasteiger partial charge in [0.05, 0.1) is 32.5 Å². The molecule has 0 saturated carbocycles. The molecule has 0 aromatic rings. The summed E-state index contributed by atoms with van der Waals surface area (Å²) < 4.78 is 45.1. The van der Waals surface area contributed by atoms with Gasteiger partial charge in [0.1, 0.15) is 0 Å². The highest BCUT2D eigenvalue weighted by Gasteiger charge is 2.41. The van der Waals surface area contributed by atoms with Gasteiger partial charge in [-0.2, -0.15) is 8.62 Å². The Morgan fingerprint density at radius 2 is 0.804 bits per heavy atom. The van der Waals surface area contributed by atoms with E-state index in [0.717, 1.165) is 4.90 Å². The Hall–Kier alpha value is -3.64. The third-order valence-corrected chi connectivity index (χ3v) is 6.30. The fraction of sp³-hybridized carbons (Fsp3) is 0.533. The Kier molecular flexibility index (Phi) is 35.0. The molecule has 0 spiro atoms. The number of carboxylic acid groups (broad SMARTS) is 8. The van der Waals surface area contributed by atoms with E-state index in [0.29, 0.717) is 13.1 Å². The molecule has 0 fully saturated rings. The van der Waals surface area contributed by atoms with Crippen molar-refractivity contribution in [3.63, 3.8) is 0 Å². The van der Waals surface area contributed by atoms with Gasteiger partial charge < -0.3 is 81.9 Å². The van der Waals surface area contributed by atoms with E-state index >= 15 is 0 Å². The molecule has 0 heterocycles. The number of nitrogens with two attached hydrogens (primary N) is 2. The molecule has 0 atom stereocenters. The quantitative estimate of drug-likeness (QED) is 0.0650. The second-order valence-corrected chi connectivity index (χ2v) is 12.2. The minimum absolute atomic E-state index is 0.597. The highest BCUT2D eigenvalue weighted by molar-refractivity contribution is 7.66. The lowest BCUT2D eigenvalue weighted by Gasteiger charge is -2.18. The van der Waals surface area contributed by atoms with Crippen molar-refractivity contribution in [3.8, 4) is 0 Å². The molecule has 0 aromatic heterocycles. The monoisotopic (exact) mass is 844 g/mol. The van der Waals surface area contributed by atoms with E-state index in [-0.39, 0.29) is 0 Å². The van der Waals surface area contributed by atoms with Crippen molar-refractivity contribution in [1.82, 2.24) is 4.90 Å². The number of hydrogen-bond donors (Lipinski definition) is 18. The van der Waals surface area contributed by atoms with Crippen molar-refractivity contribution in [3.05, 3.63) is 0 Å². The van der Waals surface area contributed by atoms with Crippen LogP contribution in [0.25, 0.3) is 0 Å². The number of hydrogen-bond acceptors (Lipinski definition) is 17. The van der Waals surface area contributed by atoms with Crippen LogP contribution in [0, 0.1) is 0 Å². The molecule has 0 aromatic carbocycles. The van der Waals surface area contributed by atoms with E-state index in [1.54, 1.807) is 0 Å². The van der Waals surface area contributed by atoms with Gasteiger partial charge in [-0.05, 0) is 0 Å². The molecule has 32 nitrogen and oxygen atoms in total. The Morgan fingerprint density at radius 1 is 0.588 bits per heavy atom. The maximum atomic E-state index is 10.4. The molecule has 0 bridgehead atoms. The number of carboxylic acids is 6. The van der Waals surface area contributed by atoms with Gasteiger partial charge in [-0.15, -0.1) is 9.79 Å². The molecule has 0 unspecified atom stereocenters. The molecule has 0 aliphatic carbocycles. The first-order valence-electron chi connectivity index (χ1n) is 11.3. The summed E-state index contributed by atoms with van der Waals surface area (Å²) in [6, 6.07) is 0. The highest BCUT2D eigenvalue weighted by atomic mass is 31.3. The maximum absolute atomic E-state index is 10.4. The summed E-state index contributed by atoms with van der Waals surface area (Å²) >= 11 is 0. The van der Waals surface area contributed by atoms with Crippen LogP contribution < -0.4 is 11.5 Å². The van der Waals surface area contributed by atoms with Crippen LogP contribution in [0.4, 0.5) is 4.79 Å². The smallest absolute Gasteiger partial charge is 0.481 e. The largest absolute Gasteiger partial charge is 0.692 e. The lowest BCUT2D eigenvalue weighted by Crippen LogP contribution is -2.42. The zero-order chi connectivity index (χ0) is 42.6. The van der Waals surface area contributed by atoms with Crippen LogP contribution in [0.5, 0.6) is 0 Å². The van der Waals surface area contributed by atoms with Gasteiger partial charge in [0.2, 0.25) is 0 Å². The maximum Gasteiger partial charge on any atom is 0.692 e. The topological polar surface area (TPSA) is 585 Å². The Bertz CT molecular complexity index is 1170. The third kappa shape index (κ3) is 65.4. The van der Waals surface area contributed by atoms with Crippen LogP contribution in [-0.2, 0) is 55.6 Å². The lowest BCUT2D eigenvalue weighted by atomic mass is 9.96. The standard InChI is InChI=1S/C6H9NO6.C6H8O7.C2H8N2.CH2O3.H5O10P3.HO3P/c8-4(9)1-7(2-5(10)11)3-6(12)13;7-3(8)1-6(13,5(11)12)2-4(9)10;3-1-2-4;2-1(3)4;1-11(2,3)9-13(7,8)10-12(4,5)6;1-4(2)3/h1-3H2,(H,8,9)(H,10,11)(H,12,13);13H,1-2H2,(H,7,8)(H,9,10)(H,11,12);1-4H2;(H2,2,3,4);(H,7,8)(H2,1,2,3)(H2,4,5,6);(H-,1,2,3)/p+1. The molecule has 0 rings (SSSR count). The van der Waals surface area contributed by atoms with E-state index in [9.17, 15) is 42.5 Å². The molecule has 0 saturated heterocycles. The molecule has 20 N–H and O–H groups in total. The number of aliphatic hydroxyl groups is 1. The average molecular weight is 844 g/mol. The number of aliphatic carboxylic acids is 6. The summed E-state index contributed by atoms with van der Waals surface area (Å²) in [5, 5.41) is 72.6. The van der Waals surface area contributed by atoms with E-state index in [2.05, 4.69) is 8.62 Å². The summed E-state index contributed by atoms with van der Waals surface area (Å²) in [6.45, 7) is -0.601.